The van der Waals surface area contributed by atoms with Crippen molar-refractivity contribution in [3.05, 3.63) is 0 Å². The Morgan fingerprint density at radius 2 is 1.80 bits per heavy atom. The zero-order valence-corrected chi connectivity index (χ0v) is 9.80. The first kappa shape index (κ1) is 10.1. The summed E-state index contributed by atoms with van der Waals surface area (Å²) in [5.41, 5.74) is 6.59. The molecule has 2 nitrogen and oxygen atoms in total. The van der Waals surface area contributed by atoms with Gasteiger partial charge in [0.2, 0.25) is 0 Å². The Morgan fingerprint density at radius 1 is 1.07 bits per heavy atom. The molecule has 2 N–H and O–H groups in total. The summed E-state index contributed by atoms with van der Waals surface area (Å²) in [4.78, 5) is 0. The van der Waals surface area contributed by atoms with Crippen molar-refractivity contribution in [3.8, 4) is 0 Å². The number of nitrogens with two attached hydrogens (primary N) is 1. The molecule has 0 aromatic rings. The van der Waals surface area contributed by atoms with Crippen LogP contribution in [-0.4, -0.2) is 17.7 Å². The summed E-state index contributed by atoms with van der Waals surface area (Å²) in [5.74, 6) is 1.71. The standard InChI is InChI=1S/C13H23NO/c1-12-6-2-3-10-4-7-13(12,14)8-5-11(10)9-15-12/h10-11H,2-9,14H2,1H3. The van der Waals surface area contributed by atoms with Crippen LogP contribution < -0.4 is 5.73 Å². The summed E-state index contributed by atoms with van der Waals surface area (Å²) < 4.78 is 6.21. The van der Waals surface area contributed by atoms with Gasteiger partial charge in [-0.2, -0.15) is 0 Å². The number of fused-ring (bicyclic) bond motifs is 5. The summed E-state index contributed by atoms with van der Waals surface area (Å²) in [6.07, 6.45) is 8.93. The monoisotopic (exact) mass is 209 g/mol. The van der Waals surface area contributed by atoms with Gasteiger partial charge in [-0.1, -0.05) is 6.42 Å². The second-order valence-electron chi connectivity index (χ2n) is 6.19. The fraction of sp³-hybridized carbons (Fsp3) is 1.00. The molecular formula is C13H23NO. The van der Waals surface area contributed by atoms with Gasteiger partial charge in [0, 0.05) is 5.54 Å². The first-order valence-electron chi connectivity index (χ1n) is 6.56. The lowest BCUT2D eigenvalue weighted by Crippen LogP contribution is -2.60. The van der Waals surface area contributed by atoms with E-state index in [0.29, 0.717) is 0 Å². The third-order valence-corrected chi connectivity index (χ3v) is 5.49. The van der Waals surface area contributed by atoms with Crippen LogP contribution in [0.4, 0.5) is 0 Å². The van der Waals surface area contributed by atoms with E-state index in [4.69, 9.17) is 10.5 Å². The molecule has 2 heterocycles. The normalized spacial score (nSPS) is 54.8. The lowest BCUT2D eigenvalue weighted by molar-refractivity contribution is -0.118. The van der Waals surface area contributed by atoms with Crippen molar-refractivity contribution < 1.29 is 4.74 Å². The predicted octanol–water partition coefficient (Wildman–Crippen LogP) is 2.46. The zero-order chi connectivity index (χ0) is 10.5. The van der Waals surface area contributed by atoms with Crippen LogP contribution in [0.1, 0.15) is 51.9 Å². The molecule has 4 aliphatic rings. The summed E-state index contributed by atoms with van der Waals surface area (Å²) in [5, 5.41) is 0. The number of ether oxygens (including phenoxy) is 1. The average Bonchev–Trinajstić information content (AvgIpc) is 2.38. The van der Waals surface area contributed by atoms with Crippen LogP contribution in [0, 0.1) is 11.8 Å². The Bertz CT molecular complexity index is 247. The molecule has 4 rings (SSSR count). The topological polar surface area (TPSA) is 35.2 Å². The van der Waals surface area contributed by atoms with Gasteiger partial charge in [-0.25, -0.2) is 0 Å². The van der Waals surface area contributed by atoms with Crippen molar-refractivity contribution >= 4 is 0 Å². The molecule has 0 amide bonds. The van der Waals surface area contributed by atoms with Crippen LogP contribution in [0.25, 0.3) is 0 Å². The van der Waals surface area contributed by atoms with Gasteiger partial charge in [0.05, 0.1) is 12.2 Å². The van der Waals surface area contributed by atoms with E-state index in [1.54, 1.807) is 0 Å². The van der Waals surface area contributed by atoms with Crippen LogP contribution in [0.15, 0.2) is 0 Å². The first-order chi connectivity index (χ1) is 7.13. The van der Waals surface area contributed by atoms with Gasteiger partial charge in [0.25, 0.3) is 0 Å². The molecule has 86 valence electrons. The minimum absolute atomic E-state index is 0.0308. The maximum absolute atomic E-state index is 6.66. The van der Waals surface area contributed by atoms with E-state index >= 15 is 0 Å². The van der Waals surface area contributed by atoms with E-state index in [-0.39, 0.29) is 11.1 Å². The van der Waals surface area contributed by atoms with Crippen molar-refractivity contribution in [2.75, 3.05) is 6.61 Å². The zero-order valence-electron chi connectivity index (χ0n) is 9.80. The Morgan fingerprint density at radius 3 is 2.60 bits per heavy atom. The number of rotatable bonds is 0. The minimum atomic E-state index is -0.0346. The fourth-order valence-corrected chi connectivity index (χ4v) is 4.07. The fourth-order valence-electron chi connectivity index (χ4n) is 4.07. The van der Waals surface area contributed by atoms with Gasteiger partial charge in [-0.3, -0.25) is 0 Å². The van der Waals surface area contributed by atoms with Gasteiger partial charge >= 0.3 is 0 Å². The molecule has 4 atom stereocenters. The highest BCUT2D eigenvalue weighted by atomic mass is 16.5. The van der Waals surface area contributed by atoms with Crippen LogP contribution in [0.2, 0.25) is 0 Å². The largest absolute Gasteiger partial charge is 0.373 e. The number of hydrogen-bond donors (Lipinski definition) is 1. The molecule has 2 heteroatoms. The molecule has 0 aromatic heterocycles. The maximum atomic E-state index is 6.66. The van der Waals surface area contributed by atoms with E-state index in [9.17, 15) is 0 Å². The quantitative estimate of drug-likeness (QED) is 0.665. The lowest BCUT2D eigenvalue weighted by atomic mass is 9.70. The summed E-state index contributed by atoms with van der Waals surface area (Å²) in [6, 6.07) is 0. The predicted molar refractivity (Wildman–Crippen MR) is 60.6 cm³/mol. The Balaban J connectivity index is 2.03. The van der Waals surface area contributed by atoms with E-state index in [1.165, 1.54) is 44.9 Å². The van der Waals surface area contributed by atoms with Crippen molar-refractivity contribution in [1.82, 2.24) is 0 Å². The van der Waals surface area contributed by atoms with Crippen LogP contribution >= 0.6 is 0 Å². The van der Waals surface area contributed by atoms with E-state index in [1.807, 2.05) is 0 Å². The highest BCUT2D eigenvalue weighted by molar-refractivity contribution is 5.07. The second kappa shape index (κ2) is 3.21. The van der Waals surface area contributed by atoms with Gasteiger partial charge in [-0.15, -0.1) is 0 Å². The molecule has 4 fully saturated rings. The first-order valence-corrected chi connectivity index (χ1v) is 6.56. The molecule has 0 spiro atoms. The van der Waals surface area contributed by atoms with Crippen LogP contribution in [0.5, 0.6) is 0 Å². The molecule has 0 radical (unpaired) electrons. The maximum Gasteiger partial charge on any atom is 0.0833 e. The van der Waals surface area contributed by atoms with Crippen molar-refractivity contribution in [2.45, 2.75) is 63.0 Å². The lowest BCUT2D eigenvalue weighted by Gasteiger charge is -2.48. The van der Waals surface area contributed by atoms with Crippen molar-refractivity contribution in [3.63, 3.8) is 0 Å². The molecular weight excluding hydrogens is 186 g/mol. The molecule has 4 bridgehead atoms. The summed E-state index contributed by atoms with van der Waals surface area (Å²) >= 11 is 0. The van der Waals surface area contributed by atoms with E-state index in [2.05, 4.69) is 6.92 Å². The summed E-state index contributed by atoms with van der Waals surface area (Å²) in [7, 11) is 0. The van der Waals surface area contributed by atoms with Crippen molar-refractivity contribution in [2.24, 2.45) is 17.6 Å². The van der Waals surface area contributed by atoms with Crippen LogP contribution in [-0.2, 0) is 4.74 Å². The highest BCUT2D eigenvalue weighted by Gasteiger charge is 2.52. The van der Waals surface area contributed by atoms with E-state index in [0.717, 1.165) is 18.4 Å². The summed E-state index contributed by atoms with van der Waals surface area (Å²) in [6.45, 7) is 3.24. The van der Waals surface area contributed by atoms with Gasteiger partial charge in [-0.05, 0) is 57.3 Å². The highest BCUT2D eigenvalue weighted by Crippen LogP contribution is 2.49. The Labute approximate surface area is 92.6 Å². The Kier molecular flexibility index (Phi) is 2.16. The molecule has 0 aromatic carbocycles. The minimum Gasteiger partial charge on any atom is -0.373 e. The molecule has 2 aliphatic heterocycles. The SMILES string of the molecule is CC12CCCC3CCC1(N)CCC3CO2. The molecule has 2 aliphatic carbocycles. The van der Waals surface area contributed by atoms with Crippen molar-refractivity contribution in [1.29, 1.82) is 0 Å². The van der Waals surface area contributed by atoms with Crippen LogP contribution in [0.3, 0.4) is 0 Å². The van der Waals surface area contributed by atoms with Gasteiger partial charge < -0.3 is 10.5 Å². The number of hydrogen-bond acceptors (Lipinski definition) is 2. The molecule has 2 saturated carbocycles. The second-order valence-corrected chi connectivity index (χ2v) is 6.19. The third-order valence-electron chi connectivity index (χ3n) is 5.49. The van der Waals surface area contributed by atoms with Gasteiger partial charge in [0.1, 0.15) is 0 Å². The van der Waals surface area contributed by atoms with Gasteiger partial charge in [0.15, 0.2) is 0 Å². The smallest absolute Gasteiger partial charge is 0.0833 e. The molecule has 15 heavy (non-hydrogen) atoms. The Hall–Kier alpha value is -0.0800. The van der Waals surface area contributed by atoms with E-state index < -0.39 is 0 Å². The molecule has 4 unspecified atom stereocenters. The molecule has 2 saturated heterocycles. The third kappa shape index (κ3) is 1.38. The average molecular weight is 209 g/mol.